The summed E-state index contributed by atoms with van der Waals surface area (Å²) in [6, 6.07) is 11.1. The van der Waals surface area contributed by atoms with Gasteiger partial charge in [0.1, 0.15) is 5.76 Å². The first-order valence-corrected chi connectivity index (χ1v) is 3.66. The lowest BCUT2D eigenvalue weighted by atomic mass is 10.2. The van der Waals surface area contributed by atoms with Gasteiger partial charge in [0.15, 0.2) is 0 Å². The summed E-state index contributed by atoms with van der Waals surface area (Å²) in [5.74, 6) is 0.164. The zero-order chi connectivity index (χ0) is 8.81. The van der Waals surface area contributed by atoms with Gasteiger partial charge in [0, 0.05) is 5.56 Å². The lowest BCUT2D eigenvalue weighted by Crippen LogP contribution is -1.80. The van der Waals surface area contributed by atoms with Gasteiger partial charge in [-0.1, -0.05) is 30.3 Å². The maximum absolute atomic E-state index is 9.36. The number of aliphatic hydroxyl groups is 1. The number of nitriles is 1. The first kappa shape index (κ1) is 8.35. The van der Waals surface area contributed by atoms with Crippen molar-refractivity contribution in [1.82, 2.24) is 0 Å². The molecule has 60 valence electrons. The van der Waals surface area contributed by atoms with Gasteiger partial charge in [-0.05, 0) is 6.08 Å². The van der Waals surface area contributed by atoms with Gasteiger partial charge in [-0.25, -0.2) is 0 Å². The molecule has 0 aliphatic carbocycles. The van der Waals surface area contributed by atoms with Crippen molar-refractivity contribution in [3.05, 3.63) is 42.0 Å². The molecule has 0 unspecified atom stereocenters. The predicted octanol–water partition coefficient (Wildman–Crippen LogP) is 2.50. The molecule has 0 radical (unpaired) electrons. The maximum Gasteiger partial charge on any atom is 0.119 e. The fourth-order valence-electron chi connectivity index (χ4n) is 0.869. The van der Waals surface area contributed by atoms with Crippen molar-refractivity contribution in [3.8, 4) is 6.07 Å². The molecule has 0 saturated carbocycles. The van der Waals surface area contributed by atoms with E-state index in [-0.39, 0.29) is 12.2 Å². The van der Waals surface area contributed by atoms with Crippen LogP contribution in [-0.4, -0.2) is 5.11 Å². The third-order valence-electron chi connectivity index (χ3n) is 1.46. The minimum atomic E-state index is 0.164. The summed E-state index contributed by atoms with van der Waals surface area (Å²) in [5.41, 5.74) is 0.743. The van der Waals surface area contributed by atoms with Crippen LogP contribution in [0.2, 0.25) is 0 Å². The minimum Gasteiger partial charge on any atom is -0.508 e. The molecule has 0 aliphatic heterocycles. The highest BCUT2D eigenvalue weighted by atomic mass is 16.3. The van der Waals surface area contributed by atoms with E-state index in [0.29, 0.717) is 0 Å². The molecule has 0 fully saturated rings. The normalized spacial score (nSPS) is 10.8. The van der Waals surface area contributed by atoms with E-state index in [1.54, 1.807) is 12.1 Å². The highest BCUT2D eigenvalue weighted by Gasteiger charge is 1.94. The number of aliphatic hydroxyl groups excluding tert-OH is 1. The van der Waals surface area contributed by atoms with E-state index in [4.69, 9.17) is 5.26 Å². The van der Waals surface area contributed by atoms with Crippen molar-refractivity contribution in [3.63, 3.8) is 0 Å². The maximum atomic E-state index is 9.36. The molecule has 1 aromatic rings. The van der Waals surface area contributed by atoms with E-state index < -0.39 is 0 Å². The van der Waals surface area contributed by atoms with Crippen LogP contribution in [0, 0.1) is 11.3 Å². The van der Waals surface area contributed by atoms with Gasteiger partial charge in [-0.3, -0.25) is 0 Å². The molecular weight excluding hydrogens is 150 g/mol. The molecule has 0 saturated heterocycles. The first-order valence-electron chi connectivity index (χ1n) is 3.66. The minimum absolute atomic E-state index is 0.164. The van der Waals surface area contributed by atoms with E-state index in [9.17, 15) is 5.11 Å². The lowest BCUT2D eigenvalue weighted by Gasteiger charge is -1.96. The molecule has 0 bridgehead atoms. The zero-order valence-electron chi connectivity index (χ0n) is 6.57. The largest absolute Gasteiger partial charge is 0.508 e. The van der Waals surface area contributed by atoms with Crippen molar-refractivity contribution in [2.45, 2.75) is 6.42 Å². The van der Waals surface area contributed by atoms with Crippen LogP contribution in [0.5, 0.6) is 0 Å². The quantitative estimate of drug-likeness (QED) is 0.674. The van der Waals surface area contributed by atoms with Crippen molar-refractivity contribution in [1.29, 1.82) is 5.26 Å². The number of hydrogen-bond donors (Lipinski definition) is 1. The SMILES string of the molecule is N#CCC=C(O)c1ccccc1. The number of allylic oxidation sites excluding steroid dienone is 1. The molecular formula is C10H9NO. The lowest BCUT2D eigenvalue weighted by molar-refractivity contribution is 0.510. The Morgan fingerprint density at radius 1 is 1.42 bits per heavy atom. The average Bonchev–Trinajstić information content (AvgIpc) is 2.15. The van der Waals surface area contributed by atoms with E-state index in [1.807, 2.05) is 24.3 Å². The number of hydrogen-bond acceptors (Lipinski definition) is 2. The summed E-state index contributed by atoms with van der Waals surface area (Å²) in [5, 5.41) is 17.6. The van der Waals surface area contributed by atoms with Crippen LogP contribution in [0.3, 0.4) is 0 Å². The fraction of sp³-hybridized carbons (Fsp3) is 0.100. The Hall–Kier alpha value is -1.75. The van der Waals surface area contributed by atoms with Crippen LogP contribution >= 0.6 is 0 Å². The van der Waals surface area contributed by atoms with Gasteiger partial charge in [-0.15, -0.1) is 0 Å². The van der Waals surface area contributed by atoms with E-state index in [1.165, 1.54) is 6.08 Å². The molecule has 0 atom stereocenters. The van der Waals surface area contributed by atoms with Crippen LogP contribution in [0.15, 0.2) is 36.4 Å². The Labute approximate surface area is 71.4 Å². The molecule has 0 heterocycles. The summed E-state index contributed by atoms with van der Waals surface area (Å²) < 4.78 is 0. The Morgan fingerprint density at radius 3 is 2.67 bits per heavy atom. The van der Waals surface area contributed by atoms with Crippen LogP contribution < -0.4 is 0 Å². The summed E-state index contributed by atoms with van der Waals surface area (Å²) in [6.07, 6.45) is 1.73. The smallest absolute Gasteiger partial charge is 0.119 e. The number of benzene rings is 1. The van der Waals surface area contributed by atoms with Crippen LogP contribution in [0.25, 0.3) is 5.76 Å². The van der Waals surface area contributed by atoms with Crippen LogP contribution in [-0.2, 0) is 0 Å². The molecule has 0 aromatic heterocycles. The van der Waals surface area contributed by atoms with Gasteiger partial charge in [-0.2, -0.15) is 5.26 Å². The second-order valence-corrected chi connectivity index (χ2v) is 2.32. The van der Waals surface area contributed by atoms with Crippen molar-refractivity contribution in [2.24, 2.45) is 0 Å². The molecule has 1 aromatic carbocycles. The average molecular weight is 159 g/mol. The molecule has 0 aliphatic rings. The standard InChI is InChI=1S/C10H9NO/c11-8-4-7-10(12)9-5-2-1-3-6-9/h1-3,5-7,12H,4H2. The molecule has 2 nitrogen and oxygen atoms in total. The molecule has 1 N–H and O–H groups in total. The van der Waals surface area contributed by atoms with Crippen molar-refractivity contribution >= 4 is 5.76 Å². The zero-order valence-corrected chi connectivity index (χ0v) is 6.57. The monoisotopic (exact) mass is 159 g/mol. The third kappa shape index (κ3) is 2.14. The summed E-state index contributed by atoms with van der Waals surface area (Å²) >= 11 is 0. The van der Waals surface area contributed by atoms with E-state index in [2.05, 4.69) is 0 Å². The molecule has 12 heavy (non-hydrogen) atoms. The molecule has 2 heteroatoms. The van der Waals surface area contributed by atoms with Crippen molar-refractivity contribution < 1.29 is 5.11 Å². The van der Waals surface area contributed by atoms with Gasteiger partial charge < -0.3 is 5.11 Å². The van der Waals surface area contributed by atoms with Crippen LogP contribution in [0.1, 0.15) is 12.0 Å². The third-order valence-corrected chi connectivity index (χ3v) is 1.46. The molecule has 1 rings (SSSR count). The molecule has 0 amide bonds. The number of nitrogens with zero attached hydrogens (tertiary/aromatic N) is 1. The Morgan fingerprint density at radius 2 is 2.08 bits per heavy atom. The Balaban J connectivity index is 2.79. The fourth-order valence-corrected chi connectivity index (χ4v) is 0.869. The van der Waals surface area contributed by atoms with E-state index >= 15 is 0 Å². The summed E-state index contributed by atoms with van der Waals surface area (Å²) in [4.78, 5) is 0. The van der Waals surface area contributed by atoms with Gasteiger partial charge in [0.25, 0.3) is 0 Å². The Kier molecular flexibility index (Phi) is 2.92. The summed E-state index contributed by atoms with van der Waals surface area (Å²) in [7, 11) is 0. The molecule has 0 spiro atoms. The topological polar surface area (TPSA) is 44.0 Å². The van der Waals surface area contributed by atoms with Gasteiger partial charge in [0.2, 0.25) is 0 Å². The second-order valence-electron chi connectivity index (χ2n) is 2.32. The number of rotatable bonds is 2. The summed E-state index contributed by atoms with van der Waals surface area (Å²) in [6.45, 7) is 0. The first-order chi connectivity index (χ1) is 5.84. The van der Waals surface area contributed by atoms with Gasteiger partial charge in [0.05, 0.1) is 12.5 Å². The second kappa shape index (κ2) is 4.20. The van der Waals surface area contributed by atoms with Gasteiger partial charge >= 0.3 is 0 Å². The highest BCUT2D eigenvalue weighted by molar-refractivity contribution is 5.58. The van der Waals surface area contributed by atoms with Crippen LogP contribution in [0.4, 0.5) is 0 Å². The van der Waals surface area contributed by atoms with E-state index in [0.717, 1.165) is 5.56 Å². The predicted molar refractivity (Wildman–Crippen MR) is 47.3 cm³/mol. The Bertz CT molecular complexity index is 308. The highest BCUT2D eigenvalue weighted by Crippen LogP contribution is 2.10. The van der Waals surface area contributed by atoms with Crippen molar-refractivity contribution in [2.75, 3.05) is 0 Å².